The van der Waals surface area contributed by atoms with Crippen LogP contribution in [0.15, 0.2) is 30.6 Å². The smallest absolute Gasteiger partial charge is 0.159 e. The van der Waals surface area contributed by atoms with Gasteiger partial charge >= 0.3 is 0 Å². The van der Waals surface area contributed by atoms with E-state index in [4.69, 9.17) is 5.26 Å². The van der Waals surface area contributed by atoms with Gasteiger partial charge in [-0.3, -0.25) is 0 Å². The lowest BCUT2D eigenvalue weighted by Gasteiger charge is -2.28. The Morgan fingerprint density at radius 1 is 1.16 bits per heavy atom. The maximum atomic E-state index is 13.8. The molecule has 0 spiro atoms. The first-order chi connectivity index (χ1) is 12.2. The van der Waals surface area contributed by atoms with Crippen LogP contribution in [0.2, 0.25) is 0 Å². The molecule has 0 N–H and O–H groups in total. The summed E-state index contributed by atoms with van der Waals surface area (Å²) >= 11 is 0. The van der Waals surface area contributed by atoms with Crippen LogP contribution in [0.1, 0.15) is 68.9 Å². The van der Waals surface area contributed by atoms with E-state index in [-0.39, 0.29) is 5.56 Å². The summed E-state index contributed by atoms with van der Waals surface area (Å²) in [6.45, 7) is 2.25. The molecule has 0 saturated heterocycles. The second-order valence-corrected chi connectivity index (χ2v) is 7.01. The third-order valence-electron chi connectivity index (χ3n) is 5.30. The molecule has 1 aliphatic rings. The molecule has 1 aromatic carbocycles. The molecule has 1 saturated carbocycles. The molecule has 4 heteroatoms. The van der Waals surface area contributed by atoms with Crippen molar-refractivity contribution >= 4 is 0 Å². The molecule has 0 amide bonds. The van der Waals surface area contributed by atoms with E-state index in [0.29, 0.717) is 17.3 Å². The molecular formula is C21H24FN3. The van der Waals surface area contributed by atoms with Gasteiger partial charge in [-0.15, -0.1) is 0 Å². The fraction of sp³-hybridized carbons (Fsp3) is 0.476. The van der Waals surface area contributed by atoms with Crippen LogP contribution >= 0.6 is 0 Å². The molecule has 0 bridgehead atoms. The van der Waals surface area contributed by atoms with Crippen LogP contribution in [-0.4, -0.2) is 9.97 Å². The summed E-state index contributed by atoms with van der Waals surface area (Å²) in [6, 6.07) is 6.31. The molecule has 1 aliphatic carbocycles. The van der Waals surface area contributed by atoms with Crippen LogP contribution in [0, 0.1) is 23.1 Å². The monoisotopic (exact) mass is 337 g/mol. The Morgan fingerprint density at radius 2 is 1.88 bits per heavy atom. The molecule has 1 heterocycles. The van der Waals surface area contributed by atoms with Gasteiger partial charge in [0.25, 0.3) is 0 Å². The van der Waals surface area contributed by atoms with Crippen molar-refractivity contribution in [2.45, 2.75) is 57.8 Å². The Bertz CT molecular complexity index is 741. The molecule has 0 unspecified atom stereocenters. The van der Waals surface area contributed by atoms with E-state index >= 15 is 0 Å². The van der Waals surface area contributed by atoms with Crippen molar-refractivity contribution in [3.05, 3.63) is 47.5 Å². The first-order valence-corrected chi connectivity index (χ1v) is 9.23. The quantitative estimate of drug-likeness (QED) is 0.711. The number of nitriles is 1. The van der Waals surface area contributed by atoms with Crippen LogP contribution < -0.4 is 0 Å². The van der Waals surface area contributed by atoms with Gasteiger partial charge in [0.05, 0.1) is 5.56 Å². The zero-order valence-electron chi connectivity index (χ0n) is 14.7. The van der Waals surface area contributed by atoms with E-state index in [1.54, 1.807) is 6.07 Å². The van der Waals surface area contributed by atoms with E-state index < -0.39 is 5.82 Å². The maximum absolute atomic E-state index is 13.8. The van der Waals surface area contributed by atoms with Gasteiger partial charge in [-0.05, 0) is 61.3 Å². The third-order valence-corrected chi connectivity index (χ3v) is 5.30. The molecule has 3 rings (SSSR count). The highest BCUT2D eigenvalue weighted by Gasteiger charge is 2.22. The average molecular weight is 337 g/mol. The first kappa shape index (κ1) is 17.5. The first-order valence-electron chi connectivity index (χ1n) is 9.23. The number of halogens is 1. The van der Waals surface area contributed by atoms with Crippen molar-refractivity contribution in [3.8, 4) is 17.5 Å². The molecule has 1 fully saturated rings. The van der Waals surface area contributed by atoms with Crippen LogP contribution in [-0.2, 0) is 0 Å². The number of hydrogen-bond donors (Lipinski definition) is 0. The summed E-state index contributed by atoms with van der Waals surface area (Å²) in [7, 11) is 0. The molecular weight excluding hydrogens is 313 g/mol. The van der Waals surface area contributed by atoms with Gasteiger partial charge in [-0.2, -0.15) is 5.26 Å². The topological polar surface area (TPSA) is 49.6 Å². The number of aromatic nitrogens is 2. The Balaban J connectivity index is 1.65. The summed E-state index contributed by atoms with van der Waals surface area (Å²) in [6.07, 6.45) is 12.8. The molecule has 0 radical (unpaired) electrons. The maximum Gasteiger partial charge on any atom is 0.159 e. The second-order valence-electron chi connectivity index (χ2n) is 7.01. The summed E-state index contributed by atoms with van der Waals surface area (Å²) in [5.41, 5.74) is 1.83. The number of rotatable bonds is 5. The van der Waals surface area contributed by atoms with Crippen molar-refractivity contribution in [1.82, 2.24) is 9.97 Å². The van der Waals surface area contributed by atoms with Crippen molar-refractivity contribution < 1.29 is 4.39 Å². The zero-order valence-corrected chi connectivity index (χ0v) is 14.7. The van der Waals surface area contributed by atoms with Crippen LogP contribution in [0.5, 0.6) is 0 Å². The lowest BCUT2D eigenvalue weighted by atomic mass is 9.78. The lowest BCUT2D eigenvalue weighted by molar-refractivity contribution is 0.304. The van der Waals surface area contributed by atoms with Crippen LogP contribution in [0.3, 0.4) is 0 Å². The summed E-state index contributed by atoms with van der Waals surface area (Å²) in [4.78, 5) is 8.86. The predicted molar refractivity (Wildman–Crippen MR) is 96.4 cm³/mol. The van der Waals surface area contributed by atoms with Crippen molar-refractivity contribution in [2.24, 2.45) is 5.92 Å². The Labute approximate surface area is 148 Å². The number of unbranched alkanes of at least 4 members (excludes halogenated alkanes) is 1. The molecule has 25 heavy (non-hydrogen) atoms. The molecule has 0 atom stereocenters. The SMILES string of the molecule is CCCC[C@H]1CC[C@H](c2cnc(-c3ccc(C#N)c(F)c3)nc2)CC1. The van der Waals surface area contributed by atoms with Crippen LogP contribution in [0.25, 0.3) is 11.4 Å². The standard InChI is InChI=1S/C21H24FN3/c1-2-3-4-15-5-7-16(8-6-15)19-13-24-21(25-14-19)17-9-10-18(12-23)20(22)11-17/h9-11,13-16H,2-8H2,1H3/t15-,16-. The third kappa shape index (κ3) is 4.22. The molecule has 3 nitrogen and oxygen atoms in total. The van der Waals surface area contributed by atoms with Gasteiger partial charge in [0.1, 0.15) is 11.9 Å². The predicted octanol–water partition coefficient (Wildman–Crippen LogP) is 5.62. The number of benzene rings is 1. The fourth-order valence-corrected chi connectivity index (χ4v) is 3.72. The molecule has 1 aromatic heterocycles. The van der Waals surface area contributed by atoms with E-state index in [2.05, 4.69) is 16.9 Å². The van der Waals surface area contributed by atoms with Gasteiger partial charge < -0.3 is 0 Å². The largest absolute Gasteiger partial charge is 0.236 e. The summed E-state index contributed by atoms with van der Waals surface area (Å²) in [5, 5.41) is 8.81. The van der Waals surface area contributed by atoms with Gasteiger partial charge in [-0.25, -0.2) is 14.4 Å². The minimum atomic E-state index is -0.530. The van der Waals surface area contributed by atoms with Crippen LogP contribution in [0.4, 0.5) is 4.39 Å². The number of hydrogen-bond acceptors (Lipinski definition) is 3. The molecule has 0 aliphatic heterocycles. The van der Waals surface area contributed by atoms with E-state index in [9.17, 15) is 4.39 Å². The average Bonchev–Trinajstić information content (AvgIpc) is 2.67. The Hall–Kier alpha value is -2.28. The highest BCUT2D eigenvalue weighted by atomic mass is 19.1. The van der Waals surface area contributed by atoms with Crippen molar-refractivity contribution in [2.75, 3.05) is 0 Å². The highest BCUT2D eigenvalue weighted by molar-refractivity contribution is 5.56. The summed E-state index contributed by atoms with van der Waals surface area (Å²) < 4.78 is 13.8. The zero-order chi connectivity index (χ0) is 17.6. The van der Waals surface area contributed by atoms with E-state index in [1.165, 1.54) is 62.6 Å². The number of nitrogens with zero attached hydrogens (tertiary/aromatic N) is 3. The lowest BCUT2D eigenvalue weighted by Crippen LogP contribution is -2.13. The van der Waals surface area contributed by atoms with Gasteiger partial charge in [0.2, 0.25) is 0 Å². The highest BCUT2D eigenvalue weighted by Crippen LogP contribution is 2.37. The Morgan fingerprint density at radius 3 is 2.48 bits per heavy atom. The van der Waals surface area contributed by atoms with Gasteiger partial charge in [0, 0.05) is 18.0 Å². The normalized spacial score (nSPS) is 20.2. The Kier molecular flexibility index (Phi) is 5.75. The van der Waals surface area contributed by atoms with Crippen molar-refractivity contribution in [1.29, 1.82) is 5.26 Å². The minimum Gasteiger partial charge on any atom is -0.236 e. The molecule has 130 valence electrons. The summed E-state index contributed by atoms with van der Waals surface area (Å²) in [5.74, 6) is 1.41. The molecule has 2 aromatic rings. The van der Waals surface area contributed by atoms with Gasteiger partial charge in [0.15, 0.2) is 5.82 Å². The fourth-order valence-electron chi connectivity index (χ4n) is 3.72. The van der Waals surface area contributed by atoms with Crippen molar-refractivity contribution in [3.63, 3.8) is 0 Å². The second kappa shape index (κ2) is 8.20. The minimum absolute atomic E-state index is 0.0419. The van der Waals surface area contributed by atoms with E-state index in [1.807, 2.05) is 18.5 Å². The van der Waals surface area contributed by atoms with Gasteiger partial charge in [-0.1, -0.05) is 26.2 Å². The van der Waals surface area contributed by atoms with E-state index in [0.717, 1.165) is 5.92 Å².